The van der Waals surface area contributed by atoms with Gasteiger partial charge in [-0.2, -0.15) is 5.10 Å². The predicted octanol–water partition coefficient (Wildman–Crippen LogP) is 2.07. The van der Waals surface area contributed by atoms with Gasteiger partial charge in [-0.25, -0.2) is 9.18 Å². The van der Waals surface area contributed by atoms with E-state index in [9.17, 15) is 23.6 Å². The number of urea groups is 1. The molecule has 3 N–H and O–H groups in total. The molecule has 42 heavy (non-hydrogen) atoms. The van der Waals surface area contributed by atoms with Gasteiger partial charge in [0.15, 0.2) is 0 Å². The highest BCUT2D eigenvalue weighted by Gasteiger charge is 2.56. The quantitative estimate of drug-likeness (QED) is 0.434. The molecule has 3 heterocycles. The van der Waals surface area contributed by atoms with E-state index in [0.717, 1.165) is 34.4 Å². The lowest BCUT2D eigenvalue weighted by atomic mass is 9.90. The summed E-state index contributed by atoms with van der Waals surface area (Å²) in [6.07, 6.45) is 6.21. The number of fused-ring (bicyclic) bond motifs is 3. The fraction of sp³-hybridized carbons (Fsp3) is 0.367. The summed E-state index contributed by atoms with van der Waals surface area (Å²) in [5.74, 6) is -0.954. The molecule has 11 nitrogen and oxygen atoms in total. The molecule has 1 saturated carbocycles. The van der Waals surface area contributed by atoms with Crippen molar-refractivity contribution in [3.63, 3.8) is 0 Å². The monoisotopic (exact) mass is 572 g/mol. The van der Waals surface area contributed by atoms with Gasteiger partial charge in [0.2, 0.25) is 11.8 Å². The third-order valence-corrected chi connectivity index (χ3v) is 8.75. The lowest BCUT2D eigenvalue weighted by Gasteiger charge is -2.30. The molecule has 1 saturated heterocycles. The van der Waals surface area contributed by atoms with Gasteiger partial charge in [0.1, 0.15) is 36.8 Å². The number of carbonyl (C=O) groups excluding carboxylic acids is 4. The van der Waals surface area contributed by atoms with Crippen molar-refractivity contribution in [2.24, 2.45) is 11.7 Å². The molecular formula is C30H29FN6O5. The first-order valence-corrected chi connectivity index (χ1v) is 14.0. The Bertz CT molecular complexity index is 1650. The molecule has 0 radical (unpaired) electrons. The molecule has 12 heteroatoms. The molecule has 7 rings (SSSR count). The zero-order chi connectivity index (χ0) is 29.2. The number of hydrogen-bond acceptors (Lipinski definition) is 6. The van der Waals surface area contributed by atoms with Gasteiger partial charge in [0.25, 0.3) is 5.91 Å². The maximum absolute atomic E-state index is 14.0. The molecular weight excluding hydrogens is 543 g/mol. The highest BCUT2D eigenvalue weighted by Crippen LogP contribution is 2.43. The summed E-state index contributed by atoms with van der Waals surface area (Å²) >= 11 is 0. The van der Waals surface area contributed by atoms with Crippen molar-refractivity contribution in [1.82, 2.24) is 24.9 Å². The molecule has 2 fully saturated rings. The van der Waals surface area contributed by atoms with E-state index in [2.05, 4.69) is 10.4 Å². The van der Waals surface area contributed by atoms with Gasteiger partial charge >= 0.3 is 6.03 Å². The van der Waals surface area contributed by atoms with Crippen LogP contribution in [0.25, 0.3) is 11.1 Å². The molecule has 216 valence electrons. The molecule has 4 aliphatic rings. The number of nitrogens with zero attached hydrogens (tertiary/aromatic N) is 4. The van der Waals surface area contributed by atoms with E-state index in [1.54, 1.807) is 23.4 Å². The molecule has 0 bridgehead atoms. The van der Waals surface area contributed by atoms with Crippen LogP contribution in [-0.2, 0) is 39.4 Å². The fourth-order valence-corrected chi connectivity index (χ4v) is 6.48. The minimum Gasteiger partial charge on any atom is -0.491 e. The number of imide groups is 1. The first-order chi connectivity index (χ1) is 20.2. The molecule has 1 spiro atoms. The molecule has 5 amide bonds. The number of halogens is 1. The van der Waals surface area contributed by atoms with Crippen LogP contribution in [0.1, 0.15) is 36.0 Å². The summed E-state index contributed by atoms with van der Waals surface area (Å²) in [4.78, 5) is 54.6. The van der Waals surface area contributed by atoms with Crippen molar-refractivity contribution < 1.29 is 28.3 Å². The maximum Gasteiger partial charge on any atom is 0.325 e. The summed E-state index contributed by atoms with van der Waals surface area (Å²) in [5, 5.41) is 7.06. The highest BCUT2D eigenvalue weighted by molar-refractivity contribution is 6.10. The lowest BCUT2D eigenvalue weighted by molar-refractivity contribution is -0.141. The summed E-state index contributed by atoms with van der Waals surface area (Å²) < 4.78 is 21.4. The van der Waals surface area contributed by atoms with Crippen LogP contribution in [0.15, 0.2) is 48.8 Å². The third kappa shape index (κ3) is 4.38. The number of nitrogens with two attached hydrogens (primary N) is 1. The fourth-order valence-electron chi connectivity index (χ4n) is 6.48. The number of primary amides is 1. The SMILES string of the molecule is NC(=O)Cn1cc(-c2ccc3c(c2)CCC32NC(=O)N(CC(=O)N3Cc4cc(F)ccc4OC[C@H]3C3CC3)C2=O)cn1. The van der Waals surface area contributed by atoms with E-state index in [1.807, 2.05) is 18.2 Å². The lowest BCUT2D eigenvalue weighted by Crippen LogP contribution is -2.49. The van der Waals surface area contributed by atoms with Gasteiger partial charge in [0, 0.05) is 23.9 Å². The Labute approximate surface area is 240 Å². The van der Waals surface area contributed by atoms with Crippen molar-refractivity contribution in [3.8, 4) is 16.9 Å². The van der Waals surface area contributed by atoms with Crippen molar-refractivity contribution in [1.29, 1.82) is 0 Å². The number of benzene rings is 2. The Balaban J connectivity index is 1.12. The van der Waals surface area contributed by atoms with Crippen LogP contribution in [-0.4, -0.2) is 62.5 Å². The van der Waals surface area contributed by atoms with Crippen LogP contribution in [0.3, 0.4) is 0 Å². The zero-order valence-electron chi connectivity index (χ0n) is 22.7. The number of ether oxygens (including phenoxy) is 1. The van der Waals surface area contributed by atoms with Crippen LogP contribution in [0.2, 0.25) is 0 Å². The van der Waals surface area contributed by atoms with Gasteiger partial charge < -0.3 is 20.7 Å². The maximum atomic E-state index is 14.0. The summed E-state index contributed by atoms with van der Waals surface area (Å²) in [5.41, 5.74) is 7.84. The largest absolute Gasteiger partial charge is 0.491 e. The number of aryl methyl sites for hydroxylation is 1. The Morgan fingerprint density at radius 1 is 1.10 bits per heavy atom. The Morgan fingerprint density at radius 2 is 1.93 bits per heavy atom. The van der Waals surface area contributed by atoms with Crippen molar-refractivity contribution >= 4 is 23.8 Å². The number of amides is 5. The van der Waals surface area contributed by atoms with Crippen molar-refractivity contribution in [2.75, 3.05) is 13.2 Å². The Kier molecular flexibility index (Phi) is 6.03. The van der Waals surface area contributed by atoms with Gasteiger partial charge in [-0.1, -0.05) is 18.2 Å². The van der Waals surface area contributed by atoms with Gasteiger partial charge in [-0.3, -0.25) is 24.0 Å². The molecule has 2 atom stereocenters. The topological polar surface area (TPSA) is 140 Å². The van der Waals surface area contributed by atoms with E-state index < -0.39 is 35.7 Å². The predicted molar refractivity (Wildman–Crippen MR) is 146 cm³/mol. The van der Waals surface area contributed by atoms with Crippen molar-refractivity contribution in [2.45, 2.75) is 50.4 Å². The number of aromatic nitrogens is 2. The average Bonchev–Trinajstić information content (AvgIpc) is 3.57. The molecule has 2 aromatic carbocycles. The minimum atomic E-state index is -1.24. The normalized spacial score (nSPS) is 22.9. The molecule has 3 aromatic rings. The Morgan fingerprint density at radius 3 is 2.71 bits per heavy atom. The summed E-state index contributed by atoms with van der Waals surface area (Å²) in [7, 11) is 0. The first-order valence-electron chi connectivity index (χ1n) is 14.0. The van der Waals surface area contributed by atoms with E-state index >= 15 is 0 Å². The number of nitrogens with one attached hydrogen (secondary N) is 1. The number of hydrogen-bond donors (Lipinski definition) is 2. The van der Waals surface area contributed by atoms with Crippen molar-refractivity contribution in [3.05, 3.63) is 71.3 Å². The van der Waals surface area contributed by atoms with Gasteiger partial charge in [-0.15, -0.1) is 0 Å². The van der Waals surface area contributed by atoms with E-state index in [0.29, 0.717) is 29.7 Å². The minimum absolute atomic E-state index is 0.0294. The first kappa shape index (κ1) is 26.2. The smallest absolute Gasteiger partial charge is 0.325 e. The van der Waals surface area contributed by atoms with Crippen LogP contribution < -0.4 is 15.8 Å². The molecule has 2 aliphatic carbocycles. The van der Waals surface area contributed by atoms with Crippen LogP contribution >= 0.6 is 0 Å². The Hall–Kier alpha value is -4.74. The van der Waals surface area contributed by atoms with Gasteiger partial charge in [-0.05, 0) is 66.5 Å². The van der Waals surface area contributed by atoms with Gasteiger partial charge in [0.05, 0.1) is 12.2 Å². The second-order valence-corrected chi connectivity index (χ2v) is 11.5. The second kappa shape index (κ2) is 9.68. The van der Waals surface area contributed by atoms with Crippen LogP contribution in [0.5, 0.6) is 5.75 Å². The average molecular weight is 573 g/mol. The number of rotatable bonds is 6. The summed E-state index contributed by atoms with van der Waals surface area (Å²) in [6, 6.07) is 9.05. The number of carbonyl (C=O) groups is 4. The summed E-state index contributed by atoms with van der Waals surface area (Å²) in [6.45, 7) is -0.0229. The van der Waals surface area contributed by atoms with Crippen LogP contribution in [0, 0.1) is 11.7 Å². The van der Waals surface area contributed by atoms with E-state index in [-0.39, 0.29) is 37.6 Å². The highest BCUT2D eigenvalue weighted by atomic mass is 19.1. The molecule has 1 unspecified atom stereocenters. The van der Waals surface area contributed by atoms with Crippen LogP contribution in [0.4, 0.5) is 9.18 Å². The molecule has 2 aliphatic heterocycles. The van der Waals surface area contributed by atoms with E-state index in [1.165, 1.54) is 16.8 Å². The molecule has 1 aromatic heterocycles. The second-order valence-electron chi connectivity index (χ2n) is 11.5. The van der Waals surface area contributed by atoms with E-state index in [4.69, 9.17) is 10.5 Å². The zero-order valence-corrected chi connectivity index (χ0v) is 22.7. The third-order valence-electron chi connectivity index (χ3n) is 8.75. The standard InChI is InChI=1S/C30H29FN6O5/c31-22-4-6-25-20(10-22)13-36(24(16-42-25)17-1-2-17)27(39)15-37-28(40)30(34-29(37)41)8-7-19-9-18(3-5-23(19)30)21-11-33-35(12-21)14-26(32)38/h3-6,9-12,17,24H,1-2,7-8,13-16H2,(H2,32,38)(H,34,41)/t24-,30?/m0/s1.